The van der Waals surface area contributed by atoms with Gasteiger partial charge in [-0.1, -0.05) is 18.2 Å². The second-order valence-corrected chi connectivity index (χ2v) is 4.56. The second kappa shape index (κ2) is 2.61. The Bertz CT molecular complexity index is 443. The van der Waals surface area contributed by atoms with Crippen LogP contribution in [0.3, 0.4) is 0 Å². The van der Waals surface area contributed by atoms with Crippen molar-refractivity contribution in [2.75, 3.05) is 18.9 Å². The van der Waals surface area contributed by atoms with E-state index in [4.69, 9.17) is 0 Å². The minimum Gasteiger partial charge on any atom is -0.325 e. The molecule has 1 spiro atoms. The molecule has 78 valence electrons. The topological polar surface area (TPSA) is 32.3 Å². The number of likely N-dealkylation sites (tertiary alicyclic amines) is 1. The van der Waals surface area contributed by atoms with E-state index in [-0.39, 0.29) is 11.3 Å². The summed E-state index contributed by atoms with van der Waals surface area (Å²) in [5.74, 6) is 0.161. The van der Waals surface area contributed by atoms with Gasteiger partial charge in [-0.05, 0) is 25.6 Å². The lowest BCUT2D eigenvalue weighted by molar-refractivity contribution is -0.130. The minimum atomic E-state index is -0.286. The number of rotatable bonds is 0. The maximum Gasteiger partial charge on any atom is 0.238 e. The van der Waals surface area contributed by atoms with Crippen molar-refractivity contribution in [3.63, 3.8) is 0 Å². The summed E-state index contributed by atoms with van der Waals surface area (Å²) in [6.07, 6.45) is 0. The van der Waals surface area contributed by atoms with Gasteiger partial charge in [0, 0.05) is 18.3 Å². The first kappa shape index (κ1) is 8.92. The number of hydrogen-bond donors (Lipinski definition) is 1. The number of amides is 1. The van der Waals surface area contributed by atoms with Crippen molar-refractivity contribution in [1.29, 1.82) is 0 Å². The van der Waals surface area contributed by atoms with Gasteiger partial charge < -0.3 is 10.2 Å². The zero-order valence-corrected chi connectivity index (χ0v) is 8.95. The van der Waals surface area contributed by atoms with E-state index in [0.717, 1.165) is 12.2 Å². The molecule has 1 amide bonds. The van der Waals surface area contributed by atoms with Crippen LogP contribution in [0.15, 0.2) is 24.3 Å². The van der Waals surface area contributed by atoms with E-state index in [1.807, 2.05) is 18.2 Å². The van der Waals surface area contributed by atoms with Gasteiger partial charge in [0.1, 0.15) is 5.41 Å². The van der Waals surface area contributed by atoms with Gasteiger partial charge in [0.25, 0.3) is 0 Å². The fraction of sp³-hybridized carbons (Fsp3) is 0.417. The molecule has 0 aliphatic carbocycles. The first-order valence-corrected chi connectivity index (χ1v) is 5.27. The molecule has 2 unspecified atom stereocenters. The number of nitrogens with one attached hydrogen (secondary N) is 1. The van der Waals surface area contributed by atoms with E-state index in [1.54, 1.807) is 0 Å². The number of nitrogens with zero attached hydrogens (tertiary/aromatic N) is 1. The highest BCUT2D eigenvalue weighted by Gasteiger charge is 2.58. The van der Waals surface area contributed by atoms with Crippen molar-refractivity contribution < 1.29 is 4.79 Å². The highest BCUT2D eigenvalue weighted by Crippen LogP contribution is 2.47. The molecular weight excluding hydrogens is 188 g/mol. The fourth-order valence-corrected chi connectivity index (χ4v) is 2.84. The van der Waals surface area contributed by atoms with Gasteiger partial charge in [-0.3, -0.25) is 4.79 Å². The Morgan fingerprint density at radius 2 is 2.20 bits per heavy atom. The second-order valence-electron chi connectivity index (χ2n) is 4.56. The average Bonchev–Trinajstić information content (AvgIpc) is 2.54. The molecular formula is C12H14N2O. The zero-order chi connectivity index (χ0) is 10.6. The van der Waals surface area contributed by atoms with Crippen LogP contribution in [0.1, 0.15) is 12.5 Å². The number of likely N-dealkylation sites (N-methyl/N-ethyl adjacent to an activating group) is 1. The maximum atomic E-state index is 12.1. The Kier molecular flexibility index (Phi) is 1.55. The van der Waals surface area contributed by atoms with Crippen LogP contribution < -0.4 is 5.32 Å². The van der Waals surface area contributed by atoms with Gasteiger partial charge in [-0.2, -0.15) is 0 Å². The molecule has 0 radical (unpaired) electrons. The lowest BCUT2D eigenvalue weighted by atomic mass is 9.68. The molecule has 2 atom stereocenters. The van der Waals surface area contributed by atoms with Crippen LogP contribution in [0, 0.1) is 0 Å². The van der Waals surface area contributed by atoms with Crippen molar-refractivity contribution in [3.8, 4) is 0 Å². The quantitative estimate of drug-likeness (QED) is 0.686. The van der Waals surface area contributed by atoms with Gasteiger partial charge in [0.15, 0.2) is 0 Å². The SMILES string of the molecule is CC1N(C)CC12C(=O)Nc1ccccc12. The van der Waals surface area contributed by atoms with Crippen LogP contribution in [-0.4, -0.2) is 30.4 Å². The fourth-order valence-electron chi connectivity index (χ4n) is 2.84. The molecule has 1 N–H and O–H groups in total. The van der Waals surface area contributed by atoms with Gasteiger partial charge >= 0.3 is 0 Å². The lowest BCUT2D eigenvalue weighted by Crippen LogP contribution is -2.67. The Morgan fingerprint density at radius 3 is 2.87 bits per heavy atom. The van der Waals surface area contributed by atoms with Crippen molar-refractivity contribution in [3.05, 3.63) is 29.8 Å². The summed E-state index contributed by atoms with van der Waals surface area (Å²) in [7, 11) is 2.06. The van der Waals surface area contributed by atoms with E-state index in [9.17, 15) is 4.79 Å². The van der Waals surface area contributed by atoms with Crippen LogP contribution in [0.2, 0.25) is 0 Å². The third-order valence-corrected chi connectivity index (χ3v) is 3.93. The molecule has 1 aromatic rings. The third-order valence-electron chi connectivity index (χ3n) is 3.93. The first-order chi connectivity index (χ1) is 7.16. The number of anilines is 1. The van der Waals surface area contributed by atoms with E-state index < -0.39 is 0 Å². The van der Waals surface area contributed by atoms with Crippen molar-refractivity contribution >= 4 is 11.6 Å². The summed E-state index contributed by atoms with van der Waals surface area (Å²) in [5.41, 5.74) is 1.87. The van der Waals surface area contributed by atoms with Gasteiger partial charge in [0.2, 0.25) is 5.91 Å². The van der Waals surface area contributed by atoms with Gasteiger partial charge in [-0.15, -0.1) is 0 Å². The van der Waals surface area contributed by atoms with Crippen LogP contribution >= 0.6 is 0 Å². The molecule has 2 aliphatic rings. The molecule has 3 rings (SSSR count). The Morgan fingerprint density at radius 1 is 1.47 bits per heavy atom. The van der Waals surface area contributed by atoms with E-state index >= 15 is 0 Å². The molecule has 0 bridgehead atoms. The normalized spacial score (nSPS) is 33.7. The first-order valence-electron chi connectivity index (χ1n) is 5.27. The summed E-state index contributed by atoms with van der Waals surface area (Å²) < 4.78 is 0. The van der Waals surface area contributed by atoms with Gasteiger partial charge in [-0.25, -0.2) is 0 Å². The summed E-state index contributed by atoms with van der Waals surface area (Å²) in [4.78, 5) is 14.3. The molecule has 3 nitrogen and oxygen atoms in total. The number of benzene rings is 1. The van der Waals surface area contributed by atoms with Crippen molar-refractivity contribution in [2.45, 2.75) is 18.4 Å². The van der Waals surface area contributed by atoms with Crippen LogP contribution in [0.4, 0.5) is 5.69 Å². The maximum absolute atomic E-state index is 12.1. The standard InChI is InChI=1S/C12H14N2O/c1-8-12(7-14(8)2)9-5-3-4-6-10(9)13-11(12)15/h3-6,8H,7H2,1-2H3,(H,13,15). The molecule has 2 heterocycles. The molecule has 1 fully saturated rings. The van der Waals surface area contributed by atoms with Crippen molar-refractivity contribution in [2.24, 2.45) is 0 Å². The predicted molar refractivity (Wildman–Crippen MR) is 58.8 cm³/mol. The lowest BCUT2D eigenvalue weighted by Gasteiger charge is -2.51. The molecule has 3 heteroatoms. The number of carbonyl (C=O) groups is 1. The molecule has 0 saturated carbocycles. The summed E-state index contributed by atoms with van der Waals surface area (Å²) in [6, 6.07) is 8.31. The number of fused-ring (bicyclic) bond motifs is 2. The minimum absolute atomic E-state index is 0.161. The highest BCUT2D eigenvalue weighted by molar-refractivity contribution is 6.07. The largest absolute Gasteiger partial charge is 0.325 e. The summed E-state index contributed by atoms with van der Waals surface area (Å²) in [5, 5.41) is 2.98. The molecule has 15 heavy (non-hydrogen) atoms. The van der Waals surface area contributed by atoms with E-state index in [1.165, 1.54) is 5.56 Å². The van der Waals surface area contributed by atoms with Gasteiger partial charge in [0.05, 0.1) is 0 Å². The monoisotopic (exact) mass is 202 g/mol. The third kappa shape index (κ3) is 0.868. The van der Waals surface area contributed by atoms with E-state index in [2.05, 4.69) is 30.3 Å². The molecule has 2 aliphatic heterocycles. The molecule has 0 aromatic heterocycles. The average molecular weight is 202 g/mol. The molecule has 1 saturated heterocycles. The van der Waals surface area contributed by atoms with Crippen LogP contribution in [-0.2, 0) is 10.2 Å². The Hall–Kier alpha value is -1.35. The Balaban J connectivity index is 2.15. The number of carbonyl (C=O) groups excluding carboxylic acids is 1. The highest BCUT2D eigenvalue weighted by atomic mass is 16.2. The predicted octanol–water partition coefficient (Wildman–Crippen LogP) is 1.21. The van der Waals surface area contributed by atoms with Crippen molar-refractivity contribution in [1.82, 2.24) is 4.90 Å². The smallest absolute Gasteiger partial charge is 0.238 e. The van der Waals surface area contributed by atoms with Crippen LogP contribution in [0.25, 0.3) is 0 Å². The Labute approximate surface area is 89.1 Å². The van der Waals surface area contributed by atoms with Crippen LogP contribution in [0.5, 0.6) is 0 Å². The number of para-hydroxylation sites is 1. The van der Waals surface area contributed by atoms with E-state index in [0.29, 0.717) is 6.04 Å². The number of hydrogen-bond acceptors (Lipinski definition) is 2. The summed E-state index contributed by atoms with van der Waals surface area (Å²) in [6.45, 7) is 2.95. The summed E-state index contributed by atoms with van der Waals surface area (Å²) >= 11 is 0. The zero-order valence-electron chi connectivity index (χ0n) is 8.95. The molecule has 1 aromatic carbocycles.